The molecule has 0 spiro atoms. The van der Waals surface area contributed by atoms with Crippen LogP contribution < -0.4 is 5.32 Å². The van der Waals surface area contributed by atoms with E-state index in [1.807, 2.05) is 0 Å². The van der Waals surface area contributed by atoms with Crippen molar-refractivity contribution in [2.24, 2.45) is 0 Å². The molecule has 4 nitrogen and oxygen atoms in total. The van der Waals surface area contributed by atoms with E-state index in [-0.39, 0.29) is 6.23 Å². The molecule has 0 aromatic heterocycles. The topological polar surface area (TPSA) is 58.6 Å². The van der Waals surface area contributed by atoms with Crippen LogP contribution in [0.1, 0.15) is 20.8 Å². The van der Waals surface area contributed by atoms with Crippen molar-refractivity contribution >= 4 is 5.97 Å². The lowest BCUT2D eigenvalue weighted by atomic mass is 10.0. The van der Waals surface area contributed by atoms with E-state index >= 15 is 0 Å². The Morgan fingerprint density at radius 3 is 2.36 bits per heavy atom. The highest BCUT2D eigenvalue weighted by atomic mass is 16.5. The minimum absolute atomic E-state index is 0.175. The van der Waals surface area contributed by atoms with Crippen molar-refractivity contribution in [3.63, 3.8) is 0 Å². The van der Waals surface area contributed by atoms with Gasteiger partial charge in [0.05, 0.1) is 5.60 Å². The van der Waals surface area contributed by atoms with Crippen LogP contribution in [0, 0.1) is 0 Å². The van der Waals surface area contributed by atoms with Crippen LogP contribution in [-0.4, -0.2) is 28.9 Å². The second-order valence-electron chi connectivity index (χ2n) is 3.30. The molecule has 0 radical (unpaired) electrons. The van der Waals surface area contributed by atoms with Crippen molar-refractivity contribution in [3.05, 3.63) is 0 Å². The zero-order chi connectivity index (χ0) is 8.65. The maximum atomic E-state index is 10.6. The van der Waals surface area contributed by atoms with Crippen LogP contribution in [0.3, 0.4) is 0 Å². The minimum atomic E-state index is -0.862. The number of ether oxygens (including phenoxy) is 1. The molecule has 2 atom stereocenters. The molecule has 1 aliphatic heterocycles. The van der Waals surface area contributed by atoms with E-state index in [0.29, 0.717) is 0 Å². The highest BCUT2D eigenvalue weighted by molar-refractivity contribution is 5.75. The Balaban J connectivity index is 2.74. The zero-order valence-electron chi connectivity index (χ0n) is 6.92. The normalized spacial score (nSPS) is 35.5. The van der Waals surface area contributed by atoms with Gasteiger partial charge in [0.2, 0.25) is 0 Å². The molecular formula is C7H13NO3. The van der Waals surface area contributed by atoms with E-state index in [1.54, 1.807) is 20.8 Å². The first-order valence-electron chi connectivity index (χ1n) is 3.60. The first-order chi connectivity index (χ1) is 4.93. The van der Waals surface area contributed by atoms with Crippen LogP contribution in [0.25, 0.3) is 0 Å². The Kier molecular flexibility index (Phi) is 1.90. The van der Waals surface area contributed by atoms with Crippen molar-refractivity contribution in [2.75, 3.05) is 0 Å². The molecule has 0 bridgehead atoms. The molecule has 11 heavy (non-hydrogen) atoms. The second-order valence-corrected chi connectivity index (χ2v) is 3.30. The molecule has 4 heteroatoms. The number of hydrogen-bond donors (Lipinski definition) is 2. The molecule has 0 aliphatic carbocycles. The maximum Gasteiger partial charge on any atom is 0.323 e. The van der Waals surface area contributed by atoms with Crippen molar-refractivity contribution in [3.8, 4) is 0 Å². The van der Waals surface area contributed by atoms with E-state index < -0.39 is 17.6 Å². The van der Waals surface area contributed by atoms with Gasteiger partial charge in [-0.1, -0.05) is 0 Å². The number of carboxylic acid groups (broad SMARTS) is 1. The van der Waals surface area contributed by atoms with Gasteiger partial charge in [0.1, 0.15) is 12.3 Å². The molecular weight excluding hydrogens is 146 g/mol. The molecule has 1 heterocycles. The summed E-state index contributed by atoms with van der Waals surface area (Å²) in [5.74, 6) is -0.862. The smallest absolute Gasteiger partial charge is 0.323 e. The van der Waals surface area contributed by atoms with Crippen LogP contribution in [-0.2, 0) is 9.53 Å². The van der Waals surface area contributed by atoms with Gasteiger partial charge in [0.25, 0.3) is 0 Å². The molecule has 64 valence electrons. The molecule has 1 rings (SSSR count). The lowest BCUT2D eigenvalue weighted by molar-refractivity contribution is -0.142. The molecule has 1 aliphatic rings. The number of aliphatic carboxylic acids is 1. The van der Waals surface area contributed by atoms with Gasteiger partial charge in [-0.2, -0.15) is 0 Å². The van der Waals surface area contributed by atoms with Gasteiger partial charge in [-0.15, -0.1) is 0 Å². The highest BCUT2D eigenvalue weighted by Crippen LogP contribution is 2.23. The average molecular weight is 159 g/mol. The van der Waals surface area contributed by atoms with E-state index in [2.05, 4.69) is 5.32 Å². The average Bonchev–Trinajstić information content (AvgIpc) is 2.04. The largest absolute Gasteiger partial charge is 0.480 e. The van der Waals surface area contributed by atoms with Crippen LogP contribution >= 0.6 is 0 Å². The molecule has 0 aromatic rings. The summed E-state index contributed by atoms with van der Waals surface area (Å²) >= 11 is 0. The Hall–Kier alpha value is -0.610. The highest BCUT2D eigenvalue weighted by Gasteiger charge is 2.43. The van der Waals surface area contributed by atoms with Gasteiger partial charge in [0.15, 0.2) is 0 Å². The van der Waals surface area contributed by atoms with Crippen LogP contribution in [0.5, 0.6) is 0 Å². The third kappa shape index (κ3) is 1.52. The predicted octanol–water partition coefficient (Wildman–Crippen LogP) is 0.184. The number of hydrogen-bond acceptors (Lipinski definition) is 3. The summed E-state index contributed by atoms with van der Waals surface area (Å²) in [5.41, 5.74) is -0.606. The van der Waals surface area contributed by atoms with Crippen molar-refractivity contribution in [1.29, 1.82) is 0 Å². The summed E-state index contributed by atoms with van der Waals surface area (Å²) in [5, 5.41) is 11.5. The van der Waals surface area contributed by atoms with Crippen molar-refractivity contribution in [1.82, 2.24) is 5.32 Å². The fourth-order valence-electron chi connectivity index (χ4n) is 1.36. The fourth-order valence-corrected chi connectivity index (χ4v) is 1.36. The molecule has 2 unspecified atom stereocenters. The number of carbonyl (C=O) groups is 1. The molecule has 1 fully saturated rings. The first kappa shape index (κ1) is 8.49. The molecule has 2 N–H and O–H groups in total. The summed E-state index contributed by atoms with van der Waals surface area (Å²) in [6.45, 7) is 5.33. The van der Waals surface area contributed by atoms with Crippen LogP contribution in [0.4, 0.5) is 0 Å². The summed E-state index contributed by atoms with van der Waals surface area (Å²) in [4.78, 5) is 10.6. The van der Waals surface area contributed by atoms with Gasteiger partial charge in [-0.25, -0.2) is 0 Å². The Labute approximate surface area is 65.5 Å². The number of rotatable bonds is 1. The van der Waals surface area contributed by atoms with Gasteiger partial charge in [0, 0.05) is 0 Å². The summed E-state index contributed by atoms with van der Waals surface area (Å²) in [6.07, 6.45) is -0.175. The second kappa shape index (κ2) is 2.46. The maximum absolute atomic E-state index is 10.6. The van der Waals surface area contributed by atoms with E-state index in [1.165, 1.54) is 0 Å². The fraction of sp³-hybridized carbons (Fsp3) is 0.857. The summed E-state index contributed by atoms with van der Waals surface area (Å²) in [7, 11) is 0. The third-order valence-electron chi connectivity index (χ3n) is 1.82. The third-order valence-corrected chi connectivity index (χ3v) is 1.82. The monoisotopic (exact) mass is 159 g/mol. The van der Waals surface area contributed by atoms with E-state index in [9.17, 15) is 4.79 Å². The van der Waals surface area contributed by atoms with Gasteiger partial charge in [-0.05, 0) is 20.8 Å². The predicted molar refractivity (Wildman–Crippen MR) is 39.2 cm³/mol. The standard InChI is InChI=1S/C7H13NO3/c1-4-8-5(6(9)10)7(2,3)11-4/h4-5,8H,1-3H3,(H,9,10). The van der Waals surface area contributed by atoms with Crippen LogP contribution in [0.2, 0.25) is 0 Å². The molecule has 1 saturated heterocycles. The Morgan fingerprint density at radius 2 is 2.18 bits per heavy atom. The molecule has 0 saturated carbocycles. The summed E-state index contributed by atoms with van der Waals surface area (Å²) < 4.78 is 5.33. The minimum Gasteiger partial charge on any atom is -0.480 e. The van der Waals surface area contributed by atoms with Gasteiger partial charge < -0.3 is 9.84 Å². The van der Waals surface area contributed by atoms with Crippen molar-refractivity contribution < 1.29 is 14.6 Å². The number of nitrogens with one attached hydrogen (secondary N) is 1. The zero-order valence-corrected chi connectivity index (χ0v) is 6.92. The molecule has 0 aromatic carbocycles. The van der Waals surface area contributed by atoms with Crippen molar-refractivity contribution in [2.45, 2.75) is 38.6 Å². The Morgan fingerprint density at radius 1 is 1.64 bits per heavy atom. The van der Waals surface area contributed by atoms with Crippen LogP contribution in [0.15, 0.2) is 0 Å². The quantitative estimate of drug-likeness (QED) is 0.573. The first-order valence-corrected chi connectivity index (χ1v) is 3.60. The SMILES string of the molecule is CC1NC(C(=O)O)C(C)(C)O1. The van der Waals surface area contributed by atoms with E-state index in [0.717, 1.165) is 0 Å². The summed E-state index contributed by atoms with van der Waals surface area (Å²) in [6, 6.07) is -0.600. The lowest BCUT2D eigenvalue weighted by Gasteiger charge is -2.20. The van der Waals surface area contributed by atoms with Gasteiger partial charge in [-0.3, -0.25) is 10.1 Å². The Bertz CT molecular complexity index is 179. The van der Waals surface area contributed by atoms with Gasteiger partial charge >= 0.3 is 5.97 Å². The number of carboxylic acids is 1. The lowest BCUT2D eigenvalue weighted by Crippen LogP contribution is -2.45. The molecule has 0 amide bonds. The van der Waals surface area contributed by atoms with E-state index in [4.69, 9.17) is 9.84 Å².